The number of pyridine rings is 1. The van der Waals surface area contributed by atoms with E-state index >= 15 is 8.78 Å². The van der Waals surface area contributed by atoms with E-state index in [1.54, 1.807) is 28.8 Å². The third kappa shape index (κ3) is 5.40. The molecule has 5 aromatic rings. The third-order valence-electron chi connectivity index (χ3n) is 10.7. The molecular weight excluding hydrogens is 690 g/mol. The summed E-state index contributed by atoms with van der Waals surface area (Å²) in [5.41, 5.74) is 10.7. The van der Waals surface area contributed by atoms with Crippen molar-refractivity contribution in [3.8, 4) is 39.5 Å². The van der Waals surface area contributed by atoms with Crippen molar-refractivity contribution in [2.45, 2.75) is 58.3 Å². The Bertz CT molecular complexity index is 2320. The molecule has 52 heavy (non-hydrogen) atoms. The Labute approximate surface area is 302 Å². The van der Waals surface area contributed by atoms with Gasteiger partial charge in [-0.3, -0.25) is 14.5 Å². The molecule has 2 aromatic carbocycles. The molecule has 0 unspecified atom stereocenters. The Morgan fingerprint density at radius 1 is 1.12 bits per heavy atom. The number of amides is 1. The smallest absolute Gasteiger partial charge is 0.246 e. The van der Waals surface area contributed by atoms with Gasteiger partial charge in [0.1, 0.15) is 40.7 Å². The fourth-order valence-corrected chi connectivity index (χ4v) is 8.88. The Kier molecular flexibility index (Phi) is 8.25. The first-order valence-electron chi connectivity index (χ1n) is 17.1. The van der Waals surface area contributed by atoms with Crippen molar-refractivity contribution < 1.29 is 27.4 Å². The Morgan fingerprint density at radius 3 is 2.56 bits per heavy atom. The molecule has 2 N–H and O–H groups in total. The van der Waals surface area contributed by atoms with E-state index < -0.39 is 23.5 Å². The van der Waals surface area contributed by atoms with Gasteiger partial charge in [0, 0.05) is 69.5 Å². The van der Waals surface area contributed by atoms with Gasteiger partial charge in [-0.2, -0.15) is 5.10 Å². The molecule has 0 bridgehead atoms. The highest BCUT2D eigenvalue weighted by atomic mass is 32.1. The molecule has 5 heterocycles. The Hall–Kier alpha value is -5.01. The predicted octanol–water partition coefficient (Wildman–Crippen LogP) is 7.97. The molecule has 9 nitrogen and oxygen atoms in total. The van der Waals surface area contributed by atoms with Crippen molar-refractivity contribution >= 4 is 38.7 Å². The number of ether oxygens (including phenoxy) is 2. The molecule has 2 aliphatic heterocycles. The summed E-state index contributed by atoms with van der Waals surface area (Å²) >= 11 is 1.13. The van der Waals surface area contributed by atoms with E-state index in [2.05, 4.69) is 11.6 Å². The second-order valence-electron chi connectivity index (χ2n) is 14.1. The van der Waals surface area contributed by atoms with E-state index in [-0.39, 0.29) is 51.4 Å². The van der Waals surface area contributed by atoms with E-state index in [4.69, 9.17) is 25.3 Å². The monoisotopic (exact) mass is 726 g/mol. The maximum absolute atomic E-state index is 16.4. The topological polar surface area (TPSA) is 108 Å². The van der Waals surface area contributed by atoms with Crippen LogP contribution in [0, 0.1) is 22.9 Å². The van der Waals surface area contributed by atoms with Crippen LogP contribution in [0.15, 0.2) is 59.4 Å². The zero-order valence-electron chi connectivity index (χ0n) is 29.2. The van der Waals surface area contributed by atoms with E-state index in [1.165, 1.54) is 11.5 Å². The van der Waals surface area contributed by atoms with Crippen LogP contribution >= 0.6 is 11.3 Å². The summed E-state index contributed by atoms with van der Waals surface area (Å²) in [5.74, 6) is -2.61. The van der Waals surface area contributed by atoms with Crippen LogP contribution in [0.4, 0.5) is 18.9 Å². The molecule has 1 saturated heterocycles. The summed E-state index contributed by atoms with van der Waals surface area (Å²) in [4.78, 5) is 24.0. The highest BCUT2D eigenvalue weighted by Crippen LogP contribution is 2.52. The van der Waals surface area contributed by atoms with Crippen molar-refractivity contribution in [1.29, 1.82) is 0 Å². The molecule has 8 rings (SSSR count). The van der Waals surface area contributed by atoms with Gasteiger partial charge in [-0.15, -0.1) is 11.3 Å². The van der Waals surface area contributed by atoms with Crippen LogP contribution in [-0.2, 0) is 16.1 Å². The number of carbonyl (C=O) groups excluding carboxylic acids is 1. The van der Waals surface area contributed by atoms with E-state index in [0.29, 0.717) is 65.6 Å². The molecule has 13 heteroatoms. The van der Waals surface area contributed by atoms with E-state index in [1.807, 2.05) is 32.9 Å². The van der Waals surface area contributed by atoms with Gasteiger partial charge in [0.05, 0.1) is 47.5 Å². The highest BCUT2D eigenvalue weighted by molar-refractivity contribution is 7.17. The van der Waals surface area contributed by atoms with Gasteiger partial charge in [-0.05, 0) is 51.8 Å². The summed E-state index contributed by atoms with van der Waals surface area (Å²) in [7, 11) is 1.68. The molecule has 0 radical (unpaired) electrons. The van der Waals surface area contributed by atoms with Crippen molar-refractivity contribution in [2.24, 2.45) is 10.4 Å². The quantitative estimate of drug-likeness (QED) is 0.104. The first-order chi connectivity index (χ1) is 24.9. The van der Waals surface area contributed by atoms with E-state index in [0.717, 1.165) is 34.7 Å². The minimum Gasteiger partial charge on any atom is -0.490 e. The van der Waals surface area contributed by atoms with E-state index in [9.17, 15) is 9.18 Å². The molecule has 1 spiro atoms. The van der Waals surface area contributed by atoms with Crippen molar-refractivity contribution in [3.63, 3.8) is 0 Å². The lowest BCUT2D eigenvalue weighted by molar-refractivity contribution is -0.191. The second-order valence-corrected chi connectivity index (χ2v) is 15.0. The standard InChI is InChI=1S/C39H37F3N6O3S/c1-6-32(49)48-19(2)15-47-30(21(48)4)12-29(46-47)37-35(33-26(41)10-23(40)11-31(33)51-24-13-39(14-24)17-50-18-39)34-27(42)16-52-38(34)36(45-37)22-7-8-25(20(3)44-5)28(43)9-22/h6-12,16,19,21,24H,1,13-15,17-18,43H2,2-5H3/t19-,21+/m1/s1. The number of hydrogen-bond acceptors (Lipinski definition) is 8. The van der Waals surface area contributed by atoms with Gasteiger partial charge in [0.25, 0.3) is 0 Å². The van der Waals surface area contributed by atoms with Crippen LogP contribution in [0.3, 0.4) is 0 Å². The van der Waals surface area contributed by atoms with Gasteiger partial charge < -0.3 is 20.1 Å². The third-order valence-corrected chi connectivity index (χ3v) is 11.6. The number of aromatic nitrogens is 3. The van der Waals surface area contributed by atoms with Gasteiger partial charge >= 0.3 is 0 Å². The van der Waals surface area contributed by atoms with Crippen LogP contribution in [0.25, 0.3) is 43.9 Å². The zero-order chi connectivity index (χ0) is 36.6. The summed E-state index contributed by atoms with van der Waals surface area (Å²) < 4.78 is 61.7. The second kappa shape index (κ2) is 12.6. The lowest BCUT2D eigenvalue weighted by atomic mass is 9.65. The summed E-state index contributed by atoms with van der Waals surface area (Å²) in [6.45, 7) is 11.0. The first-order valence-corrected chi connectivity index (χ1v) is 18.0. The number of nitrogen functional groups attached to an aromatic ring is 1. The van der Waals surface area contributed by atoms with Crippen LogP contribution < -0.4 is 10.5 Å². The minimum absolute atomic E-state index is 0.0287. The molecule has 1 saturated carbocycles. The SMILES string of the molecule is C=CC(=O)N1[C@H](C)Cn2nc(-c3nc(-c4ccc(C(C)=NC)c(N)c4)c4scc(F)c4c3-c3c(F)cc(F)cc3OC3CC4(COC4)C3)cc2[C@@H]1C. The highest BCUT2D eigenvalue weighted by Gasteiger charge is 2.51. The molecule has 1 aliphatic carbocycles. The van der Waals surface area contributed by atoms with Crippen LogP contribution in [0.5, 0.6) is 5.75 Å². The molecule has 2 fully saturated rings. The fourth-order valence-electron chi connectivity index (χ4n) is 7.95. The number of thiophene rings is 1. The predicted molar refractivity (Wildman–Crippen MR) is 196 cm³/mol. The Morgan fingerprint density at radius 2 is 1.88 bits per heavy atom. The molecular formula is C39H37F3N6O3S. The lowest BCUT2D eigenvalue weighted by Gasteiger charge is -2.52. The van der Waals surface area contributed by atoms with Gasteiger partial charge in [0.15, 0.2) is 0 Å². The number of rotatable bonds is 7. The lowest BCUT2D eigenvalue weighted by Crippen LogP contribution is -2.56. The average molecular weight is 727 g/mol. The van der Waals surface area contributed by atoms with Crippen molar-refractivity contribution in [1.82, 2.24) is 19.7 Å². The molecule has 268 valence electrons. The van der Waals surface area contributed by atoms with Crippen LogP contribution in [0.1, 0.15) is 50.9 Å². The number of fused-ring (bicyclic) bond motifs is 2. The fraction of sp³-hybridized carbons (Fsp3) is 0.333. The van der Waals surface area contributed by atoms with Crippen molar-refractivity contribution in [2.75, 3.05) is 26.0 Å². The molecule has 3 aliphatic rings. The number of nitrogens with zero attached hydrogens (tertiary/aromatic N) is 5. The number of aliphatic imine (C=N–C) groups is 1. The number of carbonyl (C=O) groups is 1. The average Bonchev–Trinajstić information content (AvgIpc) is 3.68. The number of anilines is 1. The zero-order valence-corrected chi connectivity index (χ0v) is 30.0. The number of benzene rings is 2. The summed E-state index contributed by atoms with van der Waals surface area (Å²) in [6, 6.07) is 8.55. The van der Waals surface area contributed by atoms with Gasteiger partial charge in [-0.25, -0.2) is 18.2 Å². The molecule has 1 amide bonds. The van der Waals surface area contributed by atoms with Crippen molar-refractivity contribution in [3.05, 3.63) is 83.1 Å². The maximum atomic E-state index is 16.4. The van der Waals surface area contributed by atoms with Crippen LogP contribution in [0.2, 0.25) is 0 Å². The van der Waals surface area contributed by atoms with Gasteiger partial charge in [0.2, 0.25) is 5.91 Å². The number of halogens is 3. The van der Waals surface area contributed by atoms with Crippen LogP contribution in [-0.4, -0.2) is 63.7 Å². The Balaban J connectivity index is 1.37. The summed E-state index contributed by atoms with van der Waals surface area (Å²) in [6.07, 6.45) is 2.35. The number of hydrogen-bond donors (Lipinski definition) is 1. The first kappa shape index (κ1) is 34.1. The normalized spacial score (nSPS) is 19.8. The number of nitrogens with two attached hydrogens (primary N) is 1. The molecule has 2 atom stereocenters. The maximum Gasteiger partial charge on any atom is 0.246 e. The molecule has 3 aromatic heterocycles. The minimum atomic E-state index is -0.921. The van der Waals surface area contributed by atoms with Gasteiger partial charge in [-0.1, -0.05) is 18.7 Å². The summed E-state index contributed by atoms with van der Waals surface area (Å²) in [5, 5.41) is 6.38. The largest absolute Gasteiger partial charge is 0.490 e.